The summed E-state index contributed by atoms with van der Waals surface area (Å²) in [5.41, 5.74) is 6.03. The number of halogens is 1. The summed E-state index contributed by atoms with van der Waals surface area (Å²) in [6, 6.07) is 0.482. The summed E-state index contributed by atoms with van der Waals surface area (Å²) in [5.74, 6) is 0. The normalized spacial score (nSPS) is 33.7. The molecule has 0 aliphatic heterocycles. The summed E-state index contributed by atoms with van der Waals surface area (Å²) in [4.78, 5) is 0. The Labute approximate surface area is 96.0 Å². The van der Waals surface area contributed by atoms with Crippen LogP contribution >= 0.6 is 22.6 Å². The maximum absolute atomic E-state index is 6.03. The molecule has 0 radical (unpaired) electrons. The smallest absolute Gasteiger partial charge is 0.0110 e. The third kappa shape index (κ3) is 5.89. The number of nitrogens with two attached hydrogens (primary N) is 1. The zero-order valence-corrected chi connectivity index (χ0v) is 10.6. The largest absolute Gasteiger partial charge is 0.328 e. The molecule has 2 N–H and O–H groups in total. The maximum Gasteiger partial charge on any atom is 0.0110 e. The Balaban J connectivity index is 2.24. The summed E-state index contributed by atoms with van der Waals surface area (Å²) in [5, 5.41) is 0. The van der Waals surface area contributed by atoms with Crippen molar-refractivity contribution in [3.8, 4) is 0 Å². The van der Waals surface area contributed by atoms with E-state index in [2.05, 4.69) is 22.6 Å². The van der Waals surface area contributed by atoms with Crippen LogP contribution in [-0.4, -0.2) is 9.97 Å². The van der Waals surface area contributed by atoms with Gasteiger partial charge in [-0.15, -0.1) is 0 Å². The van der Waals surface area contributed by atoms with Crippen LogP contribution < -0.4 is 5.73 Å². The second-order valence-corrected chi connectivity index (χ2v) is 6.04. The molecule has 0 spiro atoms. The van der Waals surface area contributed by atoms with E-state index in [0.717, 1.165) is 3.92 Å². The predicted octanol–water partition coefficient (Wildman–Crippen LogP) is 3.64. The minimum Gasteiger partial charge on any atom is -0.328 e. The first-order valence-corrected chi connectivity index (χ1v) is 6.93. The third-order valence-electron chi connectivity index (χ3n) is 2.94. The van der Waals surface area contributed by atoms with E-state index < -0.39 is 0 Å². The van der Waals surface area contributed by atoms with Crippen molar-refractivity contribution in [2.24, 2.45) is 5.73 Å². The van der Waals surface area contributed by atoms with Crippen molar-refractivity contribution < 1.29 is 0 Å². The Morgan fingerprint density at radius 2 is 1.38 bits per heavy atom. The SMILES string of the molecule is NC1CCCCCCCC(I)CC1. The van der Waals surface area contributed by atoms with Crippen molar-refractivity contribution in [3.63, 3.8) is 0 Å². The van der Waals surface area contributed by atoms with Gasteiger partial charge in [-0.3, -0.25) is 0 Å². The fourth-order valence-electron chi connectivity index (χ4n) is 1.99. The highest BCUT2D eigenvalue weighted by Crippen LogP contribution is 2.21. The molecule has 1 aliphatic rings. The molecule has 2 unspecified atom stereocenters. The van der Waals surface area contributed by atoms with Gasteiger partial charge in [-0.25, -0.2) is 0 Å². The van der Waals surface area contributed by atoms with Crippen LogP contribution in [0.2, 0.25) is 0 Å². The molecule has 0 amide bonds. The molecule has 0 aromatic heterocycles. The lowest BCUT2D eigenvalue weighted by Gasteiger charge is -2.12. The Morgan fingerprint density at radius 1 is 0.769 bits per heavy atom. The van der Waals surface area contributed by atoms with E-state index >= 15 is 0 Å². The minimum absolute atomic E-state index is 0.482. The van der Waals surface area contributed by atoms with Crippen LogP contribution in [0.4, 0.5) is 0 Å². The zero-order chi connectivity index (χ0) is 9.52. The van der Waals surface area contributed by atoms with E-state index in [1.54, 1.807) is 0 Å². The molecule has 2 atom stereocenters. The molecule has 1 rings (SSSR count). The van der Waals surface area contributed by atoms with Gasteiger partial charge in [-0.2, -0.15) is 0 Å². The molecule has 0 heterocycles. The molecule has 0 bridgehead atoms. The second kappa shape index (κ2) is 7.04. The fourth-order valence-corrected chi connectivity index (χ4v) is 2.79. The highest BCUT2D eigenvalue weighted by atomic mass is 127. The van der Waals surface area contributed by atoms with Crippen molar-refractivity contribution in [1.29, 1.82) is 0 Å². The molecule has 1 aliphatic carbocycles. The van der Waals surface area contributed by atoms with Gasteiger partial charge in [-0.05, 0) is 25.7 Å². The average molecular weight is 295 g/mol. The standard InChI is InChI=1S/C11H22IN/c12-10-6-4-2-1-3-5-7-11(13)9-8-10/h10-11H,1-9,13H2. The van der Waals surface area contributed by atoms with Crippen LogP contribution in [0.5, 0.6) is 0 Å². The van der Waals surface area contributed by atoms with Crippen LogP contribution in [0.3, 0.4) is 0 Å². The highest BCUT2D eigenvalue weighted by Gasteiger charge is 2.09. The lowest BCUT2D eigenvalue weighted by molar-refractivity contribution is 0.516. The van der Waals surface area contributed by atoms with Gasteiger partial charge in [0.25, 0.3) is 0 Å². The first kappa shape index (κ1) is 11.8. The summed E-state index contributed by atoms with van der Waals surface area (Å²) in [6.45, 7) is 0. The quantitative estimate of drug-likeness (QED) is 0.536. The molecule has 0 aromatic rings. The van der Waals surface area contributed by atoms with Gasteiger partial charge in [0, 0.05) is 9.97 Å². The van der Waals surface area contributed by atoms with E-state index in [-0.39, 0.29) is 0 Å². The van der Waals surface area contributed by atoms with E-state index in [1.807, 2.05) is 0 Å². The number of alkyl halides is 1. The third-order valence-corrected chi connectivity index (χ3v) is 4.19. The van der Waals surface area contributed by atoms with Crippen LogP contribution in [0.15, 0.2) is 0 Å². The van der Waals surface area contributed by atoms with Gasteiger partial charge >= 0.3 is 0 Å². The first-order valence-electron chi connectivity index (χ1n) is 5.68. The molecule has 78 valence electrons. The van der Waals surface area contributed by atoms with Gasteiger partial charge in [-0.1, -0.05) is 54.7 Å². The van der Waals surface area contributed by atoms with E-state index in [1.165, 1.54) is 57.8 Å². The molecule has 1 fully saturated rings. The van der Waals surface area contributed by atoms with Crippen molar-refractivity contribution >= 4 is 22.6 Å². The minimum atomic E-state index is 0.482. The monoisotopic (exact) mass is 295 g/mol. The topological polar surface area (TPSA) is 26.0 Å². The molecule has 13 heavy (non-hydrogen) atoms. The number of hydrogen-bond acceptors (Lipinski definition) is 1. The van der Waals surface area contributed by atoms with Gasteiger partial charge in [0.2, 0.25) is 0 Å². The van der Waals surface area contributed by atoms with Crippen molar-refractivity contribution in [2.75, 3.05) is 0 Å². The molecule has 1 saturated carbocycles. The summed E-state index contributed by atoms with van der Waals surface area (Å²) in [7, 11) is 0. The Hall–Kier alpha value is 0.690. The van der Waals surface area contributed by atoms with Gasteiger partial charge < -0.3 is 5.73 Å². The summed E-state index contributed by atoms with van der Waals surface area (Å²) < 4.78 is 0.877. The van der Waals surface area contributed by atoms with Crippen LogP contribution in [0.25, 0.3) is 0 Å². The summed E-state index contributed by atoms with van der Waals surface area (Å²) in [6.07, 6.45) is 12.3. The Morgan fingerprint density at radius 3 is 2.15 bits per heavy atom. The van der Waals surface area contributed by atoms with E-state index in [9.17, 15) is 0 Å². The Kier molecular flexibility index (Phi) is 6.37. The van der Waals surface area contributed by atoms with Gasteiger partial charge in [0.15, 0.2) is 0 Å². The zero-order valence-electron chi connectivity index (χ0n) is 8.47. The summed E-state index contributed by atoms with van der Waals surface area (Å²) >= 11 is 2.60. The van der Waals surface area contributed by atoms with Crippen molar-refractivity contribution in [3.05, 3.63) is 0 Å². The average Bonchev–Trinajstić information content (AvgIpc) is 2.15. The maximum atomic E-state index is 6.03. The fraction of sp³-hybridized carbons (Fsp3) is 1.00. The molecule has 0 saturated heterocycles. The molecule has 2 heteroatoms. The van der Waals surface area contributed by atoms with Crippen molar-refractivity contribution in [2.45, 2.75) is 67.8 Å². The van der Waals surface area contributed by atoms with Gasteiger partial charge in [0.05, 0.1) is 0 Å². The molecular formula is C11H22IN. The number of rotatable bonds is 0. The van der Waals surface area contributed by atoms with Gasteiger partial charge in [0.1, 0.15) is 0 Å². The van der Waals surface area contributed by atoms with E-state index in [0.29, 0.717) is 6.04 Å². The highest BCUT2D eigenvalue weighted by molar-refractivity contribution is 14.1. The van der Waals surface area contributed by atoms with Crippen molar-refractivity contribution in [1.82, 2.24) is 0 Å². The Bertz CT molecular complexity index is 113. The van der Waals surface area contributed by atoms with Crippen LogP contribution in [0.1, 0.15) is 57.8 Å². The first-order chi connectivity index (χ1) is 6.29. The molecular weight excluding hydrogens is 273 g/mol. The lowest BCUT2D eigenvalue weighted by atomic mass is 10.0. The number of hydrogen-bond donors (Lipinski definition) is 1. The molecule has 0 aromatic carbocycles. The predicted molar refractivity (Wildman–Crippen MR) is 67.3 cm³/mol. The van der Waals surface area contributed by atoms with Crippen LogP contribution in [0, 0.1) is 0 Å². The van der Waals surface area contributed by atoms with Crippen LogP contribution in [-0.2, 0) is 0 Å². The second-order valence-electron chi connectivity index (χ2n) is 4.28. The lowest BCUT2D eigenvalue weighted by Crippen LogP contribution is -2.20. The van der Waals surface area contributed by atoms with E-state index in [4.69, 9.17) is 5.73 Å². The molecule has 1 nitrogen and oxygen atoms in total.